The number of para-hydroxylation sites is 1. The smallest absolute Gasteiger partial charge is 0.340 e. The molecule has 1 atom stereocenters. The Morgan fingerprint density at radius 1 is 1.44 bits per heavy atom. The zero-order valence-corrected chi connectivity index (χ0v) is 11.6. The number of ether oxygens (including phenoxy) is 1. The van der Waals surface area contributed by atoms with E-state index in [1.165, 1.54) is 7.11 Å². The molecule has 0 saturated heterocycles. The lowest BCUT2D eigenvalue weighted by Gasteiger charge is -2.31. The number of anilines is 2. The molecule has 0 heterocycles. The average Bonchev–Trinajstić information content (AvgIpc) is 2.39. The minimum atomic E-state index is -0.348. The summed E-state index contributed by atoms with van der Waals surface area (Å²) in [6, 6.07) is 5.66. The van der Waals surface area contributed by atoms with E-state index in [0.29, 0.717) is 17.3 Å². The molecule has 0 bridgehead atoms. The van der Waals surface area contributed by atoms with Crippen LogP contribution in [0.2, 0.25) is 0 Å². The molecule has 0 radical (unpaired) electrons. The van der Waals surface area contributed by atoms with E-state index >= 15 is 0 Å². The van der Waals surface area contributed by atoms with Gasteiger partial charge in [0.2, 0.25) is 0 Å². The first kappa shape index (κ1) is 14.4. The van der Waals surface area contributed by atoms with Gasteiger partial charge in [0.1, 0.15) is 0 Å². The second-order valence-corrected chi connectivity index (χ2v) is 4.28. The highest BCUT2D eigenvalue weighted by Crippen LogP contribution is 2.30. The molecule has 0 aliphatic rings. The number of rotatable bonds is 5. The molecule has 0 saturated carbocycles. The van der Waals surface area contributed by atoms with E-state index in [9.17, 15) is 4.79 Å². The molecular weight excluding hydrogens is 228 g/mol. The molecule has 1 aromatic carbocycles. The Kier molecular flexibility index (Phi) is 5.01. The molecule has 0 amide bonds. The molecule has 0 aliphatic heterocycles. The van der Waals surface area contributed by atoms with E-state index in [-0.39, 0.29) is 5.97 Å². The summed E-state index contributed by atoms with van der Waals surface area (Å²) in [5.41, 5.74) is 7.95. The van der Waals surface area contributed by atoms with Crippen LogP contribution in [0, 0.1) is 0 Å². The van der Waals surface area contributed by atoms with Gasteiger partial charge in [-0.25, -0.2) is 4.79 Å². The van der Waals surface area contributed by atoms with Crippen LogP contribution in [0.4, 0.5) is 11.4 Å². The summed E-state index contributed by atoms with van der Waals surface area (Å²) < 4.78 is 4.82. The molecule has 100 valence electrons. The number of methoxy groups -OCH3 is 1. The predicted octanol–water partition coefficient (Wildman–Crippen LogP) is 2.68. The number of nitrogens with zero attached hydrogens (tertiary/aromatic N) is 1. The van der Waals surface area contributed by atoms with Gasteiger partial charge in [-0.15, -0.1) is 0 Å². The standard InChI is InChI=1S/C14H22N2O2/c1-5-10(3)16(6-2)13-11(14(17)18-4)8-7-9-12(13)15/h7-10H,5-6,15H2,1-4H3. The molecule has 1 rings (SSSR count). The number of hydrogen-bond acceptors (Lipinski definition) is 4. The molecule has 0 spiro atoms. The summed E-state index contributed by atoms with van der Waals surface area (Å²) in [5, 5.41) is 0. The summed E-state index contributed by atoms with van der Waals surface area (Å²) in [4.78, 5) is 14.0. The van der Waals surface area contributed by atoms with Crippen molar-refractivity contribution in [2.75, 3.05) is 24.3 Å². The van der Waals surface area contributed by atoms with Crippen molar-refractivity contribution in [1.29, 1.82) is 0 Å². The van der Waals surface area contributed by atoms with Crippen molar-refractivity contribution in [2.45, 2.75) is 33.2 Å². The van der Waals surface area contributed by atoms with Crippen molar-refractivity contribution in [1.82, 2.24) is 0 Å². The minimum absolute atomic E-state index is 0.322. The average molecular weight is 250 g/mol. The van der Waals surface area contributed by atoms with Crippen LogP contribution in [0.15, 0.2) is 18.2 Å². The van der Waals surface area contributed by atoms with Crippen LogP contribution in [0.25, 0.3) is 0 Å². The zero-order valence-electron chi connectivity index (χ0n) is 11.6. The first-order chi connectivity index (χ1) is 8.56. The number of benzene rings is 1. The first-order valence-corrected chi connectivity index (χ1v) is 6.30. The Hall–Kier alpha value is -1.71. The van der Waals surface area contributed by atoms with Crippen LogP contribution in [0.1, 0.15) is 37.6 Å². The highest BCUT2D eigenvalue weighted by atomic mass is 16.5. The topological polar surface area (TPSA) is 55.6 Å². The number of nitrogens with two attached hydrogens (primary N) is 1. The fourth-order valence-corrected chi connectivity index (χ4v) is 2.07. The lowest BCUT2D eigenvalue weighted by Crippen LogP contribution is -2.34. The first-order valence-electron chi connectivity index (χ1n) is 6.30. The van der Waals surface area contributed by atoms with Crippen LogP contribution in [-0.4, -0.2) is 25.7 Å². The number of carbonyl (C=O) groups excluding carboxylic acids is 1. The largest absolute Gasteiger partial charge is 0.465 e. The fraction of sp³-hybridized carbons (Fsp3) is 0.500. The van der Waals surface area contributed by atoms with Gasteiger partial charge in [0.15, 0.2) is 0 Å². The van der Waals surface area contributed by atoms with Gasteiger partial charge in [-0.2, -0.15) is 0 Å². The Labute approximate surface area is 109 Å². The van der Waals surface area contributed by atoms with Gasteiger partial charge in [-0.05, 0) is 32.4 Å². The van der Waals surface area contributed by atoms with Gasteiger partial charge in [-0.1, -0.05) is 13.0 Å². The quantitative estimate of drug-likeness (QED) is 0.645. The van der Waals surface area contributed by atoms with Gasteiger partial charge in [0.05, 0.1) is 24.0 Å². The van der Waals surface area contributed by atoms with Crippen molar-refractivity contribution in [2.24, 2.45) is 0 Å². The summed E-state index contributed by atoms with van der Waals surface area (Å²) in [5.74, 6) is -0.348. The van der Waals surface area contributed by atoms with E-state index in [1.54, 1.807) is 12.1 Å². The van der Waals surface area contributed by atoms with Crippen LogP contribution >= 0.6 is 0 Å². The van der Waals surface area contributed by atoms with Crippen LogP contribution in [-0.2, 0) is 4.74 Å². The summed E-state index contributed by atoms with van der Waals surface area (Å²) in [7, 11) is 1.38. The lowest BCUT2D eigenvalue weighted by atomic mass is 10.1. The molecule has 0 fully saturated rings. The highest BCUT2D eigenvalue weighted by molar-refractivity contribution is 5.99. The molecule has 0 aromatic heterocycles. The van der Waals surface area contributed by atoms with Crippen molar-refractivity contribution >= 4 is 17.3 Å². The number of esters is 1. The summed E-state index contributed by atoms with van der Waals surface area (Å²) in [6.07, 6.45) is 0.989. The maximum absolute atomic E-state index is 11.8. The minimum Gasteiger partial charge on any atom is -0.465 e. The number of nitrogen functional groups attached to an aromatic ring is 1. The SMILES string of the molecule is CCC(C)N(CC)c1c(N)cccc1C(=O)OC. The number of hydrogen-bond donors (Lipinski definition) is 1. The Bertz CT molecular complexity index is 418. The third-order valence-electron chi connectivity index (χ3n) is 3.22. The van der Waals surface area contributed by atoms with Crippen LogP contribution in [0.3, 0.4) is 0 Å². The molecule has 4 heteroatoms. The predicted molar refractivity (Wildman–Crippen MR) is 75.0 cm³/mol. The van der Waals surface area contributed by atoms with E-state index in [0.717, 1.165) is 18.7 Å². The van der Waals surface area contributed by atoms with E-state index in [2.05, 4.69) is 25.7 Å². The van der Waals surface area contributed by atoms with Gasteiger partial charge in [0.25, 0.3) is 0 Å². The monoisotopic (exact) mass is 250 g/mol. The molecule has 2 N–H and O–H groups in total. The van der Waals surface area contributed by atoms with Crippen LogP contribution < -0.4 is 10.6 Å². The highest BCUT2D eigenvalue weighted by Gasteiger charge is 2.21. The Morgan fingerprint density at radius 3 is 2.61 bits per heavy atom. The summed E-state index contributed by atoms with van der Waals surface area (Å²) in [6.45, 7) is 7.09. The normalized spacial score (nSPS) is 12.0. The number of carbonyl (C=O) groups is 1. The Balaban J connectivity index is 3.31. The second kappa shape index (κ2) is 6.28. The molecular formula is C14H22N2O2. The zero-order chi connectivity index (χ0) is 13.7. The third-order valence-corrected chi connectivity index (χ3v) is 3.22. The second-order valence-electron chi connectivity index (χ2n) is 4.28. The maximum atomic E-state index is 11.8. The molecule has 4 nitrogen and oxygen atoms in total. The van der Waals surface area contributed by atoms with Gasteiger partial charge in [0, 0.05) is 12.6 Å². The van der Waals surface area contributed by atoms with Crippen molar-refractivity contribution in [3.8, 4) is 0 Å². The molecule has 18 heavy (non-hydrogen) atoms. The fourth-order valence-electron chi connectivity index (χ4n) is 2.07. The van der Waals surface area contributed by atoms with E-state index in [1.807, 2.05) is 6.07 Å². The Morgan fingerprint density at radius 2 is 2.11 bits per heavy atom. The van der Waals surface area contributed by atoms with Crippen molar-refractivity contribution < 1.29 is 9.53 Å². The van der Waals surface area contributed by atoms with Gasteiger partial charge < -0.3 is 15.4 Å². The van der Waals surface area contributed by atoms with Gasteiger partial charge in [-0.3, -0.25) is 0 Å². The van der Waals surface area contributed by atoms with Crippen LogP contribution in [0.5, 0.6) is 0 Å². The molecule has 0 aliphatic carbocycles. The molecule has 1 unspecified atom stereocenters. The molecule has 1 aromatic rings. The maximum Gasteiger partial charge on any atom is 0.340 e. The third kappa shape index (κ3) is 2.75. The van der Waals surface area contributed by atoms with E-state index < -0.39 is 0 Å². The summed E-state index contributed by atoms with van der Waals surface area (Å²) >= 11 is 0. The van der Waals surface area contributed by atoms with Crippen molar-refractivity contribution in [3.63, 3.8) is 0 Å². The van der Waals surface area contributed by atoms with Gasteiger partial charge >= 0.3 is 5.97 Å². The van der Waals surface area contributed by atoms with Crippen molar-refractivity contribution in [3.05, 3.63) is 23.8 Å². The lowest BCUT2D eigenvalue weighted by molar-refractivity contribution is 0.0601. The van der Waals surface area contributed by atoms with E-state index in [4.69, 9.17) is 10.5 Å².